The van der Waals surface area contributed by atoms with E-state index in [2.05, 4.69) is 0 Å². The Hall–Kier alpha value is -1.43. The number of thioether (sulfide) groups is 1. The van der Waals surface area contributed by atoms with E-state index in [1.54, 1.807) is 18.7 Å². The summed E-state index contributed by atoms with van der Waals surface area (Å²) in [5, 5.41) is 0.916. The molecule has 1 unspecified atom stereocenters. The summed E-state index contributed by atoms with van der Waals surface area (Å²) < 4.78 is 5.31. The fourth-order valence-corrected chi connectivity index (χ4v) is 3.85. The quantitative estimate of drug-likeness (QED) is 0.633. The summed E-state index contributed by atoms with van der Waals surface area (Å²) in [7, 11) is 0. The molecule has 20 heavy (non-hydrogen) atoms. The van der Waals surface area contributed by atoms with E-state index < -0.39 is 5.91 Å². The molecule has 0 radical (unpaired) electrons. The number of carbonyl (C=O) groups excluding carboxylic acids is 2. The van der Waals surface area contributed by atoms with Crippen molar-refractivity contribution in [3.05, 3.63) is 21.9 Å². The fraction of sp³-hybridized carbons (Fsp3) is 0.571. The predicted octanol–water partition coefficient (Wildman–Crippen LogP) is 1.61. The molecule has 1 atom stereocenters. The first-order valence-corrected chi connectivity index (χ1v) is 7.66. The van der Waals surface area contributed by atoms with Gasteiger partial charge in [0.2, 0.25) is 5.91 Å². The number of amides is 1. The second-order valence-corrected chi connectivity index (χ2v) is 6.37. The Morgan fingerprint density at radius 1 is 1.45 bits per heavy atom. The Morgan fingerprint density at radius 3 is 2.65 bits per heavy atom. The number of hydrogen-bond donors (Lipinski definition) is 1. The molecular weight excluding hydrogens is 276 g/mol. The van der Waals surface area contributed by atoms with Crippen LogP contribution in [0.5, 0.6) is 0 Å². The summed E-state index contributed by atoms with van der Waals surface area (Å²) >= 11 is 1.57. The molecule has 2 N–H and O–H groups in total. The van der Waals surface area contributed by atoms with Gasteiger partial charge in [0.25, 0.3) is 0 Å². The number of fused-ring (bicyclic) bond motifs is 1. The maximum Gasteiger partial charge on any atom is 0.337 e. The lowest BCUT2D eigenvalue weighted by Crippen LogP contribution is -2.22. The molecule has 0 aromatic heterocycles. The zero-order valence-electron chi connectivity index (χ0n) is 12.2. The van der Waals surface area contributed by atoms with Crippen LogP contribution in [0.2, 0.25) is 0 Å². The van der Waals surface area contributed by atoms with Crippen LogP contribution in [0.4, 0.5) is 0 Å². The molecule has 1 saturated heterocycles. The molecule has 0 spiro atoms. The third-order valence-corrected chi connectivity index (χ3v) is 4.59. The molecule has 2 heterocycles. The highest BCUT2D eigenvalue weighted by Gasteiger charge is 2.40. The van der Waals surface area contributed by atoms with Crippen molar-refractivity contribution in [1.29, 1.82) is 0 Å². The van der Waals surface area contributed by atoms with Gasteiger partial charge in [0.1, 0.15) is 0 Å². The van der Waals surface area contributed by atoms with E-state index in [0.717, 1.165) is 16.3 Å². The van der Waals surface area contributed by atoms with Crippen molar-refractivity contribution in [1.82, 2.24) is 4.90 Å². The van der Waals surface area contributed by atoms with Gasteiger partial charge >= 0.3 is 5.97 Å². The van der Waals surface area contributed by atoms with E-state index in [1.165, 1.54) is 0 Å². The Labute approximate surface area is 123 Å². The fourth-order valence-electron chi connectivity index (χ4n) is 2.43. The lowest BCUT2D eigenvalue weighted by molar-refractivity contribution is -0.143. The van der Waals surface area contributed by atoms with Crippen LogP contribution in [0, 0.1) is 5.92 Å². The van der Waals surface area contributed by atoms with Crippen molar-refractivity contribution in [2.45, 2.75) is 33.8 Å². The summed E-state index contributed by atoms with van der Waals surface area (Å²) in [6, 6.07) is 0. The first kappa shape index (κ1) is 15.0. The standard InChI is InChI=1S/C14H20N2O3S/c1-7(2)19-14(18)11-8(3)5-16-10(6-20-13(11)16)9(4)12(15)17/h7-8H,5-6H2,1-4H3,(H2,15,17). The van der Waals surface area contributed by atoms with Gasteiger partial charge in [-0.25, -0.2) is 4.79 Å². The number of rotatable bonds is 3. The zero-order valence-corrected chi connectivity index (χ0v) is 13.0. The largest absolute Gasteiger partial charge is 0.460 e. The van der Waals surface area contributed by atoms with Gasteiger partial charge in [0.05, 0.1) is 16.7 Å². The number of nitrogens with zero attached hydrogens (tertiary/aromatic N) is 1. The number of carbonyl (C=O) groups is 2. The van der Waals surface area contributed by atoms with Gasteiger partial charge in [0.15, 0.2) is 0 Å². The average Bonchev–Trinajstić information content (AvgIpc) is 2.84. The van der Waals surface area contributed by atoms with Crippen molar-refractivity contribution >= 4 is 23.6 Å². The number of primary amides is 1. The number of esters is 1. The van der Waals surface area contributed by atoms with Crippen molar-refractivity contribution in [2.24, 2.45) is 11.7 Å². The molecule has 110 valence electrons. The molecule has 1 amide bonds. The topological polar surface area (TPSA) is 72.6 Å². The van der Waals surface area contributed by atoms with Crippen LogP contribution in [-0.4, -0.2) is 35.2 Å². The molecule has 1 fully saturated rings. The van der Waals surface area contributed by atoms with Gasteiger partial charge in [-0.05, 0) is 20.8 Å². The highest BCUT2D eigenvalue weighted by atomic mass is 32.2. The van der Waals surface area contributed by atoms with E-state index in [1.807, 2.05) is 25.7 Å². The minimum atomic E-state index is -0.410. The third kappa shape index (κ3) is 2.57. The van der Waals surface area contributed by atoms with E-state index >= 15 is 0 Å². The Bertz CT molecular complexity index is 523. The first-order chi connectivity index (χ1) is 9.32. The number of hydrogen-bond acceptors (Lipinski definition) is 5. The molecule has 5 nitrogen and oxygen atoms in total. The maximum absolute atomic E-state index is 12.2. The first-order valence-electron chi connectivity index (χ1n) is 6.68. The van der Waals surface area contributed by atoms with Crippen LogP contribution < -0.4 is 5.73 Å². The molecule has 0 aliphatic carbocycles. The molecule has 2 aliphatic rings. The van der Waals surface area contributed by atoms with Crippen LogP contribution in [-0.2, 0) is 14.3 Å². The Kier molecular flexibility index (Phi) is 4.13. The summed E-state index contributed by atoms with van der Waals surface area (Å²) in [5.74, 6) is 0.109. The molecule has 2 rings (SSSR count). The van der Waals surface area contributed by atoms with Crippen molar-refractivity contribution in [3.8, 4) is 0 Å². The molecular formula is C14H20N2O3S. The van der Waals surface area contributed by atoms with Crippen LogP contribution in [0.3, 0.4) is 0 Å². The summed E-state index contributed by atoms with van der Waals surface area (Å²) in [4.78, 5) is 25.6. The van der Waals surface area contributed by atoms with Gasteiger partial charge in [-0.2, -0.15) is 0 Å². The van der Waals surface area contributed by atoms with E-state index in [9.17, 15) is 9.59 Å². The third-order valence-electron chi connectivity index (χ3n) is 3.46. The van der Waals surface area contributed by atoms with E-state index in [4.69, 9.17) is 10.5 Å². The highest BCUT2D eigenvalue weighted by molar-refractivity contribution is 8.03. The Morgan fingerprint density at radius 2 is 2.10 bits per heavy atom. The molecule has 2 aliphatic heterocycles. The van der Waals surface area contributed by atoms with Gasteiger partial charge in [-0.15, -0.1) is 11.8 Å². The molecule has 6 heteroatoms. The average molecular weight is 296 g/mol. The Balaban J connectivity index is 2.34. The summed E-state index contributed by atoms with van der Waals surface area (Å²) in [6.07, 6.45) is -0.134. The van der Waals surface area contributed by atoms with Crippen LogP contribution in [0.15, 0.2) is 21.9 Å². The normalized spacial score (nSPS) is 24.2. The summed E-state index contributed by atoms with van der Waals surface area (Å²) in [6.45, 7) is 8.11. The van der Waals surface area contributed by atoms with Gasteiger partial charge in [-0.1, -0.05) is 6.92 Å². The molecule has 0 aromatic rings. The van der Waals surface area contributed by atoms with Crippen molar-refractivity contribution in [3.63, 3.8) is 0 Å². The summed E-state index contributed by atoms with van der Waals surface area (Å²) in [5.41, 5.74) is 7.55. The van der Waals surface area contributed by atoms with Gasteiger partial charge in [-0.3, -0.25) is 4.79 Å². The lowest BCUT2D eigenvalue weighted by atomic mass is 10.1. The predicted molar refractivity (Wildman–Crippen MR) is 78.5 cm³/mol. The van der Waals surface area contributed by atoms with Crippen molar-refractivity contribution < 1.29 is 14.3 Å². The zero-order chi connectivity index (χ0) is 15.0. The molecule has 0 saturated carbocycles. The minimum absolute atomic E-state index is 0.0970. The minimum Gasteiger partial charge on any atom is -0.460 e. The number of nitrogens with two attached hydrogens (primary N) is 1. The van der Waals surface area contributed by atoms with E-state index in [-0.39, 0.29) is 18.0 Å². The van der Waals surface area contributed by atoms with Crippen LogP contribution in [0.25, 0.3) is 0 Å². The lowest BCUT2D eigenvalue weighted by Gasteiger charge is -2.17. The number of ether oxygens (including phenoxy) is 1. The smallest absolute Gasteiger partial charge is 0.337 e. The second-order valence-electron chi connectivity index (χ2n) is 5.41. The monoisotopic (exact) mass is 296 g/mol. The van der Waals surface area contributed by atoms with Gasteiger partial charge in [0, 0.05) is 29.5 Å². The van der Waals surface area contributed by atoms with E-state index in [0.29, 0.717) is 17.9 Å². The van der Waals surface area contributed by atoms with Crippen LogP contribution >= 0.6 is 11.8 Å². The SMILES string of the molecule is CC(C(N)=O)=C1CSC2=C(C(=O)OC(C)C)C(C)CN12. The van der Waals surface area contributed by atoms with Crippen LogP contribution in [0.1, 0.15) is 27.7 Å². The van der Waals surface area contributed by atoms with Crippen molar-refractivity contribution in [2.75, 3.05) is 12.3 Å². The molecule has 0 bridgehead atoms. The van der Waals surface area contributed by atoms with Gasteiger partial charge < -0.3 is 15.4 Å². The molecule has 0 aromatic carbocycles. The highest BCUT2D eigenvalue weighted by Crippen LogP contribution is 2.45. The maximum atomic E-state index is 12.2. The second kappa shape index (κ2) is 5.52.